The third-order valence-corrected chi connectivity index (χ3v) is 4.07. The van der Waals surface area contributed by atoms with Gasteiger partial charge in [0, 0.05) is 13.5 Å². The van der Waals surface area contributed by atoms with Gasteiger partial charge >= 0.3 is 11.7 Å². The van der Waals surface area contributed by atoms with E-state index in [9.17, 15) is 9.59 Å². The fraction of sp³-hybridized carbons (Fsp3) is 0.429. The fourth-order valence-electron chi connectivity index (χ4n) is 2.64. The lowest BCUT2D eigenvalue weighted by atomic mass is 9.91. The first-order valence-corrected chi connectivity index (χ1v) is 6.34. The molecule has 1 heterocycles. The fourth-order valence-corrected chi connectivity index (χ4v) is 2.64. The molecule has 0 spiro atoms. The Balaban J connectivity index is 1.99. The summed E-state index contributed by atoms with van der Waals surface area (Å²) in [5.41, 5.74) is 2.44. The van der Waals surface area contributed by atoms with E-state index in [2.05, 4.69) is 0 Å². The molecule has 1 saturated carbocycles. The van der Waals surface area contributed by atoms with E-state index in [0.29, 0.717) is 12.0 Å². The molecular formula is C14H15NO4. The molecular weight excluding hydrogens is 246 g/mol. The summed E-state index contributed by atoms with van der Waals surface area (Å²) in [6.07, 6.45) is 2.86. The van der Waals surface area contributed by atoms with Crippen molar-refractivity contribution in [2.24, 2.45) is 7.05 Å². The van der Waals surface area contributed by atoms with Crippen LogP contribution < -0.4 is 5.76 Å². The van der Waals surface area contributed by atoms with E-state index in [-0.39, 0.29) is 17.6 Å². The zero-order valence-corrected chi connectivity index (χ0v) is 10.7. The molecule has 0 amide bonds. The van der Waals surface area contributed by atoms with Gasteiger partial charge < -0.3 is 9.52 Å². The van der Waals surface area contributed by atoms with Gasteiger partial charge in [0.1, 0.15) is 0 Å². The number of nitrogens with zero attached hydrogens (tertiary/aromatic N) is 1. The molecule has 1 aliphatic rings. The van der Waals surface area contributed by atoms with E-state index in [1.807, 2.05) is 12.1 Å². The maximum atomic E-state index is 11.4. The van der Waals surface area contributed by atoms with Crippen LogP contribution in [-0.2, 0) is 17.3 Å². The van der Waals surface area contributed by atoms with Crippen LogP contribution in [0.25, 0.3) is 11.1 Å². The molecule has 0 saturated heterocycles. The number of carboxylic acids is 1. The van der Waals surface area contributed by atoms with Crippen LogP contribution in [0.15, 0.2) is 27.4 Å². The minimum atomic E-state index is -0.761. The number of aromatic nitrogens is 1. The number of carboxylic acid groups (broad SMARTS) is 1. The molecule has 5 nitrogen and oxygen atoms in total. The SMILES string of the molecule is Cn1c(=O)oc2ccc(C3(CCC(=O)O)CC3)cc21. The molecule has 0 bridgehead atoms. The quantitative estimate of drug-likeness (QED) is 0.914. The Morgan fingerprint density at radius 3 is 2.84 bits per heavy atom. The van der Waals surface area contributed by atoms with E-state index in [4.69, 9.17) is 9.52 Å². The molecule has 19 heavy (non-hydrogen) atoms. The van der Waals surface area contributed by atoms with Crippen molar-refractivity contribution in [3.63, 3.8) is 0 Å². The molecule has 0 atom stereocenters. The molecule has 100 valence electrons. The number of hydrogen-bond donors (Lipinski definition) is 1. The normalized spacial score (nSPS) is 16.7. The van der Waals surface area contributed by atoms with Gasteiger partial charge in [-0.3, -0.25) is 9.36 Å². The van der Waals surface area contributed by atoms with Crippen LogP contribution in [0, 0.1) is 0 Å². The maximum Gasteiger partial charge on any atom is 0.419 e. The summed E-state index contributed by atoms with van der Waals surface area (Å²) in [5.74, 6) is -1.13. The van der Waals surface area contributed by atoms with Crippen LogP contribution >= 0.6 is 0 Å². The first kappa shape index (κ1) is 12.0. The lowest BCUT2D eigenvalue weighted by Gasteiger charge is -2.14. The average Bonchev–Trinajstić information content (AvgIpc) is 3.11. The molecule has 0 unspecified atom stereocenters. The van der Waals surface area contributed by atoms with Gasteiger partial charge in [0.2, 0.25) is 0 Å². The zero-order valence-electron chi connectivity index (χ0n) is 10.7. The molecule has 1 aromatic carbocycles. The number of aryl methyl sites for hydroxylation is 1. The summed E-state index contributed by atoms with van der Waals surface area (Å²) < 4.78 is 6.58. The van der Waals surface area contributed by atoms with Crippen molar-refractivity contribution in [2.75, 3.05) is 0 Å². The molecule has 1 aromatic heterocycles. The van der Waals surface area contributed by atoms with Crippen LogP contribution in [-0.4, -0.2) is 15.6 Å². The Bertz CT molecular complexity index is 706. The first-order valence-electron chi connectivity index (χ1n) is 6.34. The number of rotatable bonds is 4. The molecule has 2 aromatic rings. The van der Waals surface area contributed by atoms with Crippen LogP contribution in [0.4, 0.5) is 0 Å². The van der Waals surface area contributed by atoms with E-state index in [1.54, 1.807) is 13.1 Å². The van der Waals surface area contributed by atoms with Crippen molar-refractivity contribution in [2.45, 2.75) is 31.1 Å². The lowest BCUT2D eigenvalue weighted by molar-refractivity contribution is -0.137. The van der Waals surface area contributed by atoms with Gasteiger partial charge in [0.25, 0.3) is 0 Å². The standard InChI is InChI=1S/C14H15NO4/c1-15-10-8-9(2-3-11(10)19-13(15)18)14(6-7-14)5-4-12(16)17/h2-3,8H,4-7H2,1H3,(H,16,17). The summed E-state index contributed by atoms with van der Waals surface area (Å²) in [6.45, 7) is 0. The minimum Gasteiger partial charge on any atom is -0.481 e. The summed E-state index contributed by atoms with van der Waals surface area (Å²) in [7, 11) is 1.68. The third-order valence-electron chi connectivity index (χ3n) is 4.07. The van der Waals surface area contributed by atoms with Crippen molar-refractivity contribution >= 4 is 17.1 Å². The van der Waals surface area contributed by atoms with Gasteiger partial charge in [0.15, 0.2) is 5.58 Å². The number of carbonyl (C=O) groups is 1. The van der Waals surface area contributed by atoms with Gasteiger partial charge in [0.05, 0.1) is 5.52 Å². The summed E-state index contributed by atoms with van der Waals surface area (Å²) >= 11 is 0. The van der Waals surface area contributed by atoms with Crippen LogP contribution in [0.5, 0.6) is 0 Å². The van der Waals surface area contributed by atoms with Gasteiger partial charge in [-0.15, -0.1) is 0 Å². The summed E-state index contributed by atoms with van der Waals surface area (Å²) in [6, 6.07) is 5.70. The van der Waals surface area contributed by atoms with Crippen molar-refractivity contribution in [3.8, 4) is 0 Å². The highest BCUT2D eigenvalue weighted by Gasteiger charge is 2.44. The Labute approximate surface area is 109 Å². The molecule has 1 fully saturated rings. The van der Waals surface area contributed by atoms with Crippen molar-refractivity contribution in [1.82, 2.24) is 4.57 Å². The molecule has 1 aliphatic carbocycles. The number of fused-ring (bicyclic) bond motifs is 1. The van der Waals surface area contributed by atoms with Crippen LogP contribution in [0.1, 0.15) is 31.2 Å². The maximum absolute atomic E-state index is 11.4. The Morgan fingerprint density at radius 2 is 2.21 bits per heavy atom. The molecule has 5 heteroatoms. The number of benzene rings is 1. The zero-order chi connectivity index (χ0) is 13.6. The van der Waals surface area contributed by atoms with Crippen molar-refractivity contribution in [1.29, 1.82) is 0 Å². The number of oxazole rings is 1. The Hall–Kier alpha value is -2.04. The highest BCUT2D eigenvalue weighted by Crippen LogP contribution is 2.52. The molecule has 1 N–H and O–H groups in total. The van der Waals surface area contributed by atoms with Crippen molar-refractivity contribution < 1.29 is 14.3 Å². The predicted molar refractivity (Wildman–Crippen MR) is 69.2 cm³/mol. The molecule has 0 aliphatic heterocycles. The monoisotopic (exact) mass is 261 g/mol. The first-order chi connectivity index (χ1) is 9.02. The highest BCUT2D eigenvalue weighted by molar-refractivity contribution is 5.74. The molecule has 0 radical (unpaired) electrons. The summed E-state index contributed by atoms with van der Waals surface area (Å²) in [5, 5.41) is 8.81. The van der Waals surface area contributed by atoms with E-state index in [1.165, 1.54) is 4.57 Å². The van der Waals surface area contributed by atoms with Crippen LogP contribution in [0.3, 0.4) is 0 Å². The highest BCUT2D eigenvalue weighted by atomic mass is 16.4. The van der Waals surface area contributed by atoms with Gasteiger partial charge in [-0.1, -0.05) is 6.07 Å². The second-order valence-electron chi connectivity index (χ2n) is 5.28. The third kappa shape index (κ3) is 1.95. The largest absolute Gasteiger partial charge is 0.481 e. The van der Waals surface area contributed by atoms with E-state index >= 15 is 0 Å². The second-order valence-corrected chi connectivity index (χ2v) is 5.28. The van der Waals surface area contributed by atoms with E-state index < -0.39 is 5.97 Å². The number of hydrogen-bond acceptors (Lipinski definition) is 3. The second kappa shape index (κ2) is 3.98. The Morgan fingerprint density at radius 1 is 1.47 bits per heavy atom. The van der Waals surface area contributed by atoms with Crippen LogP contribution in [0.2, 0.25) is 0 Å². The Kier molecular flexibility index (Phi) is 2.52. The van der Waals surface area contributed by atoms with Crippen molar-refractivity contribution in [3.05, 3.63) is 34.3 Å². The van der Waals surface area contributed by atoms with Gasteiger partial charge in [-0.2, -0.15) is 0 Å². The topological polar surface area (TPSA) is 72.4 Å². The smallest absolute Gasteiger partial charge is 0.419 e. The van der Waals surface area contributed by atoms with E-state index in [0.717, 1.165) is 23.9 Å². The predicted octanol–water partition coefficient (Wildman–Crippen LogP) is 2.03. The minimum absolute atomic E-state index is 0.0140. The van der Waals surface area contributed by atoms with Gasteiger partial charge in [-0.05, 0) is 42.4 Å². The number of aliphatic carboxylic acids is 1. The summed E-state index contributed by atoms with van der Waals surface area (Å²) in [4.78, 5) is 22.2. The lowest BCUT2D eigenvalue weighted by Crippen LogP contribution is -2.11. The average molecular weight is 261 g/mol. The van der Waals surface area contributed by atoms with Gasteiger partial charge in [-0.25, -0.2) is 4.79 Å². The molecule has 3 rings (SSSR count).